The van der Waals surface area contributed by atoms with Crippen molar-refractivity contribution in [2.45, 2.75) is 90.1 Å². The van der Waals surface area contributed by atoms with Gasteiger partial charge in [-0.05, 0) is 78.4 Å². The summed E-state index contributed by atoms with van der Waals surface area (Å²) in [4.78, 5) is 44.4. The van der Waals surface area contributed by atoms with Gasteiger partial charge in [0.2, 0.25) is 11.8 Å². The molecular weight excluding hydrogens is 593 g/mol. The van der Waals surface area contributed by atoms with E-state index >= 15 is 0 Å². The molecule has 3 amide bonds. The van der Waals surface area contributed by atoms with E-state index in [0.29, 0.717) is 26.0 Å². The van der Waals surface area contributed by atoms with Crippen LogP contribution in [0.3, 0.4) is 0 Å². The second kappa shape index (κ2) is 18.3. The Kier molecular flexibility index (Phi) is 15.6. The Balaban J connectivity index is 2.37. The summed E-state index contributed by atoms with van der Waals surface area (Å²) in [7, 11) is 5.67. The standard InChI is InChI=1S/C32H51F3N4O6/c1-22-19-39(23(2)21-40)31(43)26-18-25(36-29(41)14-15-32(33,34)35)12-13-27(26)45-24(3)10-7-8-17-44-28(22)20-38(6)30(42)11-9-16-37(4)5/h12-13,18,22-24,28,40H,7-11,14-17,19-21H2,1-6H3,(H,36,41)/t22-,23-,24-,28+/m0/s1. The molecule has 1 heterocycles. The van der Waals surface area contributed by atoms with Crippen LogP contribution in [0.5, 0.6) is 5.75 Å². The smallest absolute Gasteiger partial charge is 0.389 e. The van der Waals surface area contributed by atoms with E-state index in [-0.39, 0.29) is 54.2 Å². The molecule has 1 aromatic carbocycles. The first-order chi connectivity index (χ1) is 21.1. The number of hydrogen-bond acceptors (Lipinski definition) is 7. The summed E-state index contributed by atoms with van der Waals surface area (Å²) < 4.78 is 50.4. The minimum Gasteiger partial charge on any atom is -0.490 e. The quantitative estimate of drug-likeness (QED) is 0.363. The van der Waals surface area contributed by atoms with E-state index in [1.807, 2.05) is 32.8 Å². The van der Waals surface area contributed by atoms with Crippen LogP contribution >= 0.6 is 0 Å². The molecule has 0 aromatic heterocycles. The maximum atomic E-state index is 14.1. The van der Waals surface area contributed by atoms with E-state index in [1.54, 1.807) is 18.9 Å². The van der Waals surface area contributed by atoms with Gasteiger partial charge in [0.25, 0.3) is 5.91 Å². The Morgan fingerprint density at radius 1 is 1.16 bits per heavy atom. The first kappa shape index (κ1) is 38.3. The summed E-state index contributed by atoms with van der Waals surface area (Å²) in [5, 5.41) is 12.5. The highest BCUT2D eigenvalue weighted by atomic mass is 19.4. The number of amides is 3. The van der Waals surface area contributed by atoms with Crippen molar-refractivity contribution < 1.29 is 42.1 Å². The Labute approximate surface area is 265 Å². The number of rotatable bonds is 11. The molecular formula is C32H51F3N4O6. The Hall–Kier alpha value is -2.90. The third-order valence-corrected chi connectivity index (χ3v) is 7.85. The van der Waals surface area contributed by atoms with Crippen molar-refractivity contribution in [3.8, 4) is 5.75 Å². The highest BCUT2D eigenvalue weighted by Gasteiger charge is 2.31. The van der Waals surface area contributed by atoms with Crippen molar-refractivity contribution in [1.82, 2.24) is 14.7 Å². The minimum absolute atomic E-state index is 0.00780. The van der Waals surface area contributed by atoms with Gasteiger partial charge in [-0.25, -0.2) is 0 Å². The van der Waals surface area contributed by atoms with E-state index < -0.39 is 36.9 Å². The zero-order chi connectivity index (χ0) is 33.7. The fraction of sp³-hybridized carbons (Fsp3) is 0.719. The van der Waals surface area contributed by atoms with Crippen LogP contribution in [0.15, 0.2) is 18.2 Å². The number of benzene rings is 1. The van der Waals surface area contributed by atoms with Crippen LogP contribution in [-0.2, 0) is 14.3 Å². The number of alkyl halides is 3. The van der Waals surface area contributed by atoms with Gasteiger partial charge < -0.3 is 34.6 Å². The van der Waals surface area contributed by atoms with Gasteiger partial charge in [-0.1, -0.05) is 6.92 Å². The Bertz CT molecular complexity index is 1100. The first-order valence-corrected chi connectivity index (χ1v) is 15.7. The van der Waals surface area contributed by atoms with Gasteiger partial charge >= 0.3 is 6.18 Å². The summed E-state index contributed by atoms with van der Waals surface area (Å²) in [6.45, 7) is 6.99. The van der Waals surface area contributed by atoms with E-state index in [2.05, 4.69) is 5.32 Å². The molecule has 256 valence electrons. The lowest BCUT2D eigenvalue weighted by atomic mass is 10.0. The SMILES string of the molecule is C[C@H]1CCCCO[C@H](CN(C)C(=O)CCCN(C)C)[C@@H](C)CN([C@@H](C)CO)C(=O)c2cc(NC(=O)CCC(F)(F)F)ccc2O1. The highest BCUT2D eigenvalue weighted by molar-refractivity contribution is 5.99. The van der Waals surface area contributed by atoms with Gasteiger partial charge in [0.05, 0.1) is 36.8 Å². The maximum Gasteiger partial charge on any atom is 0.389 e. The second-order valence-corrected chi connectivity index (χ2v) is 12.4. The van der Waals surface area contributed by atoms with Gasteiger partial charge in [-0.15, -0.1) is 0 Å². The minimum atomic E-state index is -4.47. The number of carbonyl (C=O) groups excluding carboxylic acids is 3. The average molecular weight is 645 g/mol. The summed E-state index contributed by atoms with van der Waals surface area (Å²) >= 11 is 0. The number of aliphatic hydroxyl groups is 1. The van der Waals surface area contributed by atoms with Crippen LogP contribution in [-0.4, -0.2) is 116 Å². The van der Waals surface area contributed by atoms with E-state index in [4.69, 9.17) is 9.47 Å². The number of fused-ring (bicyclic) bond motifs is 1. The lowest BCUT2D eigenvalue weighted by Crippen LogP contribution is -2.48. The molecule has 0 bridgehead atoms. The number of hydrogen-bond donors (Lipinski definition) is 2. The maximum absolute atomic E-state index is 14.1. The van der Waals surface area contributed by atoms with Gasteiger partial charge in [0.1, 0.15) is 5.75 Å². The van der Waals surface area contributed by atoms with Gasteiger partial charge in [-0.2, -0.15) is 13.2 Å². The van der Waals surface area contributed by atoms with Crippen LogP contribution in [0.25, 0.3) is 0 Å². The summed E-state index contributed by atoms with van der Waals surface area (Å²) in [5.74, 6) is -1.26. The molecule has 0 saturated heterocycles. The molecule has 0 radical (unpaired) electrons. The van der Waals surface area contributed by atoms with E-state index in [0.717, 1.165) is 25.8 Å². The largest absolute Gasteiger partial charge is 0.490 e. The number of ether oxygens (including phenoxy) is 2. The normalized spacial score (nSPS) is 21.0. The van der Waals surface area contributed by atoms with Crippen LogP contribution in [0, 0.1) is 5.92 Å². The molecule has 2 N–H and O–H groups in total. The molecule has 0 fully saturated rings. The third kappa shape index (κ3) is 13.5. The molecule has 2 rings (SSSR count). The summed E-state index contributed by atoms with van der Waals surface area (Å²) in [6, 6.07) is 3.82. The molecule has 13 heteroatoms. The van der Waals surface area contributed by atoms with Crippen molar-refractivity contribution >= 4 is 23.4 Å². The third-order valence-electron chi connectivity index (χ3n) is 7.85. The number of anilines is 1. The fourth-order valence-electron chi connectivity index (χ4n) is 5.05. The van der Waals surface area contributed by atoms with Crippen LogP contribution in [0.4, 0.5) is 18.9 Å². The first-order valence-electron chi connectivity index (χ1n) is 15.7. The number of carbonyl (C=O) groups is 3. The molecule has 0 aliphatic carbocycles. The van der Waals surface area contributed by atoms with Crippen molar-refractivity contribution in [3.63, 3.8) is 0 Å². The van der Waals surface area contributed by atoms with Gasteiger partial charge in [0.15, 0.2) is 0 Å². The summed E-state index contributed by atoms with van der Waals surface area (Å²) in [5.41, 5.74) is 0.276. The van der Waals surface area contributed by atoms with Crippen LogP contribution in [0.2, 0.25) is 0 Å². The number of aliphatic hydroxyl groups excluding tert-OH is 1. The van der Waals surface area contributed by atoms with E-state index in [1.165, 1.54) is 23.1 Å². The van der Waals surface area contributed by atoms with Crippen molar-refractivity contribution in [2.24, 2.45) is 5.92 Å². The molecule has 1 aliphatic heterocycles. The topological polar surface area (TPSA) is 112 Å². The summed E-state index contributed by atoms with van der Waals surface area (Å²) in [6.07, 6.45) is -3.75. The predicted octanol–water partition coefficient (Wildman–Crippen LogP) is 4.56. The average Bonchev–Trinajstić information content (AvgIpc) is 2.96. The molecule has 45 heavy (non-hydrogen) atoms. The van der Waals surface area contributed by atoms with Gasteiger partial charge in [-0.3, -0.25) is 14.4 Å². The second-order valence-electron chi connectivity index (χ2n) is 12.4. The zero-order valence-corrected chi connectivity index (χ0v) is 27.5. The zero-order valence-electron chi connectivity index (χ0n) is 27.5. The molecule has 0 saturated carbocycles. The van der Waals surface area contributed by atoms with Crippen molar-refractivity contribution in [1.29, 1.82) is 0 Å². The fourth-order valence-corrected chi connectivity index (χ4v) is 5.05. The molecule has 1 aliphatic rings. The molecule has 0 unspecified atom stereocenters. The number of nitrogens with one attached hydrogen (secondary N) is 1. The molecule has 1 aromatic rings. The predicted molar refractivity (Wildman–Crippen MR) is 166 cm³/mol. The molecule has 4 atom stereocenters. The van der Waals surface area contributed by atoms with Crippen molar-refractivity contribution in [3.05, 3.63) is 23.8 Å². The lowest BCUT2D eigenvalue weighted by Gasteiger charge is -2.36. The molecule has 10 nitrogen and oxygen atoms in total. The Morgan fingerprint density at radius 2 is 1.87 bits per heavy atom. The number of likely N-dealkylation sites (N-methyl/N-ethyl adjacent to an activating group) is 1. The number of nitrogens with zero attached hydrogens (tertiary/aromatic N) is 3. The van der Waals surface area contributed by atoms with Crippen LogP contribution in [0.1, 0.15) is 76.1 Å². The van der Waals surface area contributed by atoms with E-state index in [9.17, 15) is 32.7 Å². The number of halogens is 3. The van der Waals surface area contributed by atoms with Crippen LogP contribution < -0.4 is 10.1 Å². The highest BCUT2D eigenvalue weighted by Crippen LogP contribution is 2.29. The lowest BCUT2D eigenvalue weighted by molar-refractivity contribution is -0.142. The van der Waals surface area contributed by atoms with Crippen molar-refractivity contribution in [2.75, 3.05) is 59.3 Å². The van der Waals surface area contributed by atoms with Gasteiger partial charge in [0, 0.05) is 51.2 Å². The Morgan fingerprint density at radius 3 is 2.51 bits per heavy atom. The monoisotopic (exact) mass is 644 g/mol. The molecule has 0 spiro atoms.